The summed E-state index contributed by atoms with van der Waals surface area (Å²) in [5.74, 6) is -0.969. The number of hydrogen-bond acceptors (Lipinski definition) is 5. The molecule has 0 aliphatic heterocycles. The molecule has 0 N–H and O–H groups in total. The summed E-state index contributed by atoms with van der Waals surface area (Å²) in [6, 6.07) is 6.48. The largest absolute Gasteiger partial charge is 0.546 e. The Morgan fingerprint density at radius 1 is 1.38 bits per heavy atom. The number of carbonyl (C=O) groups excluding carboxylic acids is 1. The minimum Gasteiger partial charge on any atom is -0.546 e. The van der Waals surface area contributed by atoms with E-state index in [1.165, 1.54) is 19.1 Å². The number of carboxylic acids is 1. The van der Waals surface area contributed by atoms with E-state index in [1.54, 1.807) is 12.1 Å². The molecular weight excluding hydrogens is 272 g/mol. The van der Waals surface area contributed by atoms with Gasteiger partial charge in [0, 0.05) is 17.5 Å². The minimum absolute atomic E-state index is 0.329. The van der Waals surface area contributed by atoms with Crippen molar-refractivity contribution >= 4 is 16.9 Å². The van der Waals surface area contributed by atoms with E-state index in [0.717, 1.165) is 30.2 Å². The molecule has 1 atom stereocenters. The third-order valence-corrected chi connectivity index (χ3v) is 3.25. The van der Waals surface area contributed by atoms with Crippen molar-refractivity contribution < 1.29 is 19.1 Å². The molecule has 0 aliphatic carbocycles. The molecule has 0 saturated heterocycles. The van der Waals surface area contributed by atoms with Gasteiger partial charge in [0.1, 0.15) is 17.4 Å². The predicted octanol–water partition coefficient (Wildman–Crippen LogP) is 1.65. The number of hydrogen-bond donors (Lipinski definition) is 0. The molecule has 112 valence electrons. The first kappa shape index (κ1) is 15.1. The van der Waals surface area contributed by atoms with Gasteiger partial charge in [0.25, 0.3) is 0 Å². The normalized spacial score (nSPS) is 12.3. The van der Waals surface area contributed by atoms with E-state index in [2.05, 4.69) is 6.92 Å². The van der Waals surface area contributed by atoms with E-state index in [9.17, 15) is 14.7 Å². The maximum atomic E-state index is 11.6. The van der Waals surface area contributed by atoms with E-state index in [-0.39, 0.29) is 0 Å². The van der Waals surface area contributed by atoms with Crippen LogP contribution in [0.25, 0.3) is 11.0 Å². The summed E-state index contributed by atoms with van der Waals surface area (Å²) in [6.07, 6.45) is 1.75. The van der Waals surface area contributed by atoms with Crippen molar-refractivity contribution in [3.05, 3.63) is 40.2 Å². The standard InChI is InChI=1S/C16H18O5/c1-3-4-5-11-8-15(17)21-14-9-12(6-7-13(11)14)20-10(2)16(18)19/h6-10H,3-5H2,1-2H3,(H,18,19)/p-1/t10-/m1/s1. The molecule has 0 spiro atoms. The van der Waals surface area contributed by atoms with Crippen LogP contribution in [0.2, 0.25) is 0 Å². The Morgan fingerprint density at radius 2 is 2.14 bits per heavy atom. The molecular formula is C16H17O5-. The number of carbonyl (C=O) groups is 1. The average Bonchev–Trinajstić information content (AvgIpc) is 2.44. The number of aryl methyl sites for hydroxylation is 1. The maximum absolute atomic E-state index is 11.6. The van der Waals surface area contributed by atoms with Crippen molar-refractivity contribution in [1.29, 1.82) is 0 Å². The number of unbranched alkanes of at least 4 members (excludes halogenated alkanes) is 1. The van der Waals surface area contributed by atoms with Gasteiger partial charge in [0.05, 0.1) is 5.97 Å². The van der Waals surface area contributed by atoms with E-state index in [1.807, 2.05) is 0 Å². The first-order valence-corrected chi connectivity index (χ1v) is 6.95. The summed E-state index contributed by atoms with van der Waals surface area (Å²) in [4.78, 5) is 22.3. The third-order valence-electron chi connectivity index (χ3n) is 3.25. The van der Waals surface area contributed by atoms with Gasteiger partial charge in [-0.2, -0.15) is 0 Å². The van der Waals surface area contributed by atoms with Crippen LogP contribution in [0.1, 0.15) is 32.3 Å². The highest BCUT2D eigenvalue weighted by molar-refractivity contribution is 5.81. The highest BCUT2D eigenvalue weighted by Gasteiger charge is 2.09. The molecule has 5 heteroatoms. The van der Waals surface area contributed by atoms with E-state index >= 15 is 0 Å². The van der Waals surface area contributed by atoms with E-state index in [4.69, 9.17) is 9.15 Å². The Labute approximate surface area is 122 Å². The molecule has 1 heterocycles. The molecule has 0 aliphatic rings. The van der Waals surface area contributed by atoms with Crippen LogP contribution >= 0.6 is 0 Å². The van der Waals surface area contributed by atoms with Crippen molar-refractivity contribution in [3.63, 3.8) is 0 Å². The van der Waals surface area contributed by atoms with Crippen LogP contribution in [0.15, 0.2) is 33.5 Å². The number of ether oxygens (including phenoxy) is 1. The quantitative estimate of drug-likeness (QED) is 0.755. The Kier molecular flexibility index (Phi) is 4.62. The van der Waals surface area contributed by atoms with Crippen molar-refractivity contribution in [3.8, 4) is 5.75 Å². The van der Waals surface area contributed by atoms with Gasteiger partial charge in [-0.3, -0.25) is 0 Å². The van der Waals surface area contributed by atoms with Crippen LogP contribution < -0.4 is 15.5 Å². The van der Waals surface area contributed by atoms with Crippen LogP contribution in [-0.2, 0) is 11.2 Å². The molecule has 5 nitrogen and oxygen atoms in total. The second-order valence-electron chi connectivity index (χ2n) is 4.93. The number of fused-ring (bicyclic) bond motifs is 1. The van der Waals surface area contributed by atoms with Gasteiger partial charge in [-0.05, 0) is 37.5 Å². The zero-order chi connectivity index (χ0) is 15.4. The summed E-state index contributed by atoms with van der Waals surface area (Å²) < 4.78 is 10.4. The maximum Gasteiger partial charge on any atom is 0.336 e. The molecule has 1 aromatic carbocycles. The molecule has 0 fully saturated rings. The summed E-state index contributed by atoms with van der Waals surface area (Å²) in [7, 11) is 0. The SMILES string of the molecule is CCCCc1cc(=O)oc2cc(O[C@H](C)C(=O)[O-])ccc12. The molecule has 0 saturated carbocycles. The molecule has 0 bridgehead atoms. The van der Waals surface area contributed by atoms with Gasteiger partial charge in [-0.15, -0.1) is 0 Å². The second-order valence-corrected chi connectivity index (χ2v) is 4.93. The molecule has 0 amide bonds. The van der Waals surface area contributed by atoms with Gasteiger partial charge in [0.2, 0.25) is 0 Å². The predicted molar refractivity (Wildman–Crippen MR) is 76.2 cm³/mol. The summed E-state index contributed by atoms with van der Waals surface area (Å²) in [6.45, 7) is 3.47. The zero-order valence-corrected chi connectivity index (χ0v) is 12.0. The number of carboxylic acid groups (broad SMARTS) is 1. The Morgan fingerprint density at radius 3 is 2.81 bits per heavy atom. The fourth-order valence-electron chi connectivity index (χ4n) is 2.11. The number of aliphatic carboxylic acids is 1. The molecule has 21 heavy (non-hydrogen) atoms. The van der Waals surface area contributed by atoms with Crippen molar-refractivity contribution in [1.82, 2.24) is 0 Å². The molecule has 2 aromatic rings. The van der Waals surface area contributed by atoms with Gasteiger partial charge >= 0.3 is 5.63 Å². The third kappa shape index (κ3) is 3.62. The van der Waals surface area contributed by atoms with E-state index in [0.29, 0.717) is 11.3 Å². The van der Waals surface area contributed by atoms with Crippen LogP contribution in [0, 0.1) is 0 Å². The Bertz CT molecular complexity index is 701. The van der Waals surface area contributed by atoms with Gasteiger partial charge < -0.3 is 19.1 Å². The van der Waals surface area contributed by atoms with Crippen molar-refractivity contribution in [2.45, 2.75) is 39.2 Å². The summed E-state index contributed by atoms with van der Waals surface area (Å²) in [5.41, 5.74) is 0.915. The number of benzene rings is 1. The Hall–Kier alpha value is -2.30. The van der Waals surface area contributed by atoms with E-state index < -0.39 is 17.7 Å². The zero-order valence-electron chi connectivity index (χ0n) is 12.0. The first-order valence-electron chi connectivity index (χ1n) is 6.95. The Balaban J connectivity index is 2.39. The smallest absolute Gasteiger partial charge is 0.336 e. The topological polar surface area (TPSA) is 79.6 Å². The van der Waals surface area contributed by atoms with Crippen LogP contribution in [-0.4, -0.2) is 12.1 Å². The molecule has 0 unspecified atom stereocenters. The lowest BCUT2D eigenvalue weighted by molar-refractivity contribution is -0.312. The molecule has 1 aromatic heterocycles. The summed E-state index contributed by atoms with van der Waals surface area (Å²) in [5, 5.41) is 11.5. The number of rotatable bonds is 6. The second kappa shape index (κ2) is 6.43. The lowest BCUT2D eigenvalue weighted by Gasteiger charge is -2.15. The summed E-state index contributed by atoms with van der Waals surface area (Å²) >= 11 is 0. The lowest BCUT2D eigenvalue weighted by atomic mass is 10.0. The molecule has 2 rings (SSSR count). The monoisotopic (exact) mass is 289 g/mol. The van der Waals surface area contributed by atoms with Gasteiger partial charge in [-0.1, -0.05) is 13.3 Å². The average molecular weight is 289 g/mol. The first-order chi connectivity index (χ1) is 10.0. The van der Waals surface area contributed by atoms with Gasteiger partial charge in [0.15, 0.2) is 0 Å². The minimum atomic E-state index is -1.30. The molecule has 0 radical (unpaired) electrons. The van der Waals surface area contributed by atoms with Crippen LogP contribution in [0.3, 0.4) is 0 Å². The fourth-order valence-corrected chi connectivity index (χ4v) is 2.11. The van der Waals surface area contributed by atoms with Crippen LogP contribution in [0.4, 0.5) is 0 Å². The van der Waals surface area contributed by atoms with Crippen LogP contribution in [0.5, 0.6) is 5.75 Å². The lowest BCUT2D eigenvalue weighted by Crippen LogP contribution is -2.37. The van der Waals surface area contributed by atoms with Gasteiger partial charge in [-0.25, -0.2) is 4.79 Å². The van der Waals surface area contributed by atoms with Crippen molar-refractivity contribution in [2.24, 2.45) is 0 Å². The highest BCUT2D eigenvalue weighted by Crippen LogP contribution is 2.24. The fraction of sp³-hybridized carbons (Fsp3) is 0.375. The van der Waals surface area contributed by atoms with Crippen molar-refractivity contribution in [2.75, 3.05) is 0 Å². The highest BCUT2D eigenvalue weighted by atomic mass is 16.5.